The lowest BCUT2D eigenvalue weighted by atomic mass is 10.3. The number of halogens is 3. The molecule has 0 amide bonds. The lowest BCUT2D eigenvalue weighted by molar-refractivity contribution is 0.168. The minimum atomic E-state index is -2.03. The van der Waals surface area contributed by atoms with E-state index in [1.54, 1.807) is 0 Å². The first-order valence-electron chi connectivity index (χ1n) is 2.19. The maximum absolute atomic E-state index is 11.8. The molecule has 0 heterocycles. The predicted octanol–water partition coefficient (Wildman–Crippen LogP) is 1.82. The Kier molecular flexibility index (Phi) is 3.31. The largest absolute Gasteiger partial charge is 0.248 e. The lowest BCUT2D eigenvalue weighted by Crippen LogP contribution is -2.15. The molecular formula is C5H7F3. The van der Waals surface area contributed by atoms with Crippen molar-refractivity contribution in [3.05, 3.63) is 12.7 Å². The predicted molar refractivity (Wildman–Crippen MR) is 26.0 cm³/mol. The van der Waals surface area contributed by atoms with E-state index in [9.17, 15) is 13.2 Å². The number of hydrogen-bond acceptors (Lipinski definition) is 0. The highest BCUT2D eigenvalue weighted by molar-refractivity contribution is 4.84. The summed E-state index contributed by atoms with van der Waals surface area (Å²) in [6.07, 6.45) is -3.16. The highest BCUT2D eigenvalue weighted by Crippen LogP contribution is 2.04. The van der Waals surface area contributed by atoms with Crippen LogP contribution in [-0.2, 0) is 0 Å². The van der Waals surface area contributed by atoms with E-state index in [0.29, 0.717) is 0 Å². The molecule has 0 nitrogen and oxygen atoms in total. The van der Waals surface area contributed by atoms with Crippen molar-refractivity contribution in [2.45, 2.75) is 12.3 Å². The second kappa shape index (κ2) is 3.52. The van der Waals surface area contributed by atoms with E-state index in [2.05, 4.69) is 6.58 Å². The Bertz CT molecular complexity index is 72.1. The molecule has 0 fully saturated rings. The van der Waals surface area contributed by atoms with Gasteiger partial charge >= 0.3 is 0 Å². The zero-order valence-corrected chi connectivity index (χ0v) is 4.28. The molecule has 0 aromatic carbocycles. The molecule has 3 heteroatoms. The average molecular weight is 124 g/mol. The maximum atomic E-state index is 11.8. The van der Waals surface area contributed by atoms with Crippen LogP contribution in [0, 0.1) is 0 Å². The normalized spacial score (nSPS) is 17.4. The summed E-state index contributed by atoms with van der Waals surface area (Å²) >= 11 is 0. The van der Waals surface area contributed by atoms with E-state index >= 15 is 0 Å². The Balaban J connectivity index is 3.44. The van der Waals surface area contributed by atoms with Crippen molar-refractivity contribution in [2.24, 2.45) is 0 Å². The van der Waals surface area contributed by atoms with E-state index in [0.717, 1.165) is 6.08 Å². The van der Waals surface area contributed by atoms with E-state index in [-0.39, 0.29) is 0 Å². The van der Waals surface area contributed by atoms with E-state index in [4.69, 9.17) is 0 Å². The van der Waals surface area contributed by atoms with Gasteiger partial charge < -0.3 is 0 Å². The van der Waals surface area contributed by atoms with Gasteiger partial charge in [-0.15, -0.1) is 6.58 Å². The summed E-state index contributed by atoms with van der Waals surface area (Å²) in [4.78, 5) is 0. The van der Waals surface area contributed by atoms with Crippen LogP contribution in [-0.4, -0.2) is 19.0 Å². The molecule has 0 aromatic heterocycles. The molecule has 0 rings (SSSR count). The minimum Gasteiger partial charge on any atom is -0.248 e. The Morgan fingerprint density at radius 1 is 1.50 bits per heavy atom. The van der Waals surface area contributed by atoms with Crippen LogP contribution < -0.4 is 0 Å². The molecule has 0 N–H and O–H groups in total. The molecule has 0 aromatic rings. The van der Waals surface area contributed by atoms with Crippen LogP contribution in [0.5, 0.6) is 0 Å². The average Bonchev–Trinajstić information content (AvgIpc) is 1.84. The molecule has 0 radical (unpaired) electrons. The highest BCUT2D eigenvalue weighted by Gasteiger charge is 2.15. The molecular weight excluding hydrogens is 117 g/mol. The van der Waals surface area contributed by atoms with E-state index in [1.807, 2.05) is 0 Å². The molecule has 2 unspecified atom stereocenters. The molecule has 0 aliphatic heterocycles. The summed E-state index contributed by atoms with van der Waals surface area (Å²) in [6.45, 7) is 1.66. The molecule has 0 aliphatic carbocycles. The molecule has 2 atom stereocenters. The van der Waals surface area contributed by atoms with Crippen LogP contribution in [0.2, 0.25) is 0 Å². The van der Waals surface area contributed by atoms with Crippen LogP contribution >= 0.6 is 0 Å². The van der Waals surface area contributed by atoms with Gasteiger partial charge in [0.1, 0.15) is 6.67 Å². The third-order valence-corrected chi connectivity index (χ3v) is 0.718. The van der Waals surface area contributed by atoms with Crippen LogP contribution in [0.4, 0.5) is 13.2 Å². The highest BCUT2D eigenvalue weighted by atomic mass is 19.2. The van der Waals surface area contributed by atoms with E-state index < -0.39 is 19.0 Å². The van der Waals surface area contributed by atoms with Crippen molar-refractivity contribution < 1.29 is 13.2 Å². The Hall–Kier alpha value is -0.470. The first kappa shape index (κ1) is 7.53. The summed E-state index contributed by atoms with van der Waals surface area (Å²) in [5, 5.41) is 0. The number of allylic oxidation sites excluding steroid dienone is 1. The summed E-state index contributed by atoms with van der Waals surface area (Å²) < 4.78 is 34.7. The minimum absolute atomic E-state index is 0.740. The molecule has 8 heavy (non-hydrogen) atoms. The SMILES string of the molecule is C=CC(F)C(F)CF. The molecule has 48 valence electrons. The fourth-order valence-corrected chi connectivity index (χ4v) is 0.233. The van der Waals surface area contributed by atoms with Crippen LogP contribution in [0.15, 0.2) is 12.7 Å². The molecule has 0 saturated carbocycles. The van der Waals surface area contributed by atoms with Gasteiger partial charge in [-0.1, -0.05) is 6.08 Å². The Morgan fingerprint density at radius 3 is 2.12 bits per heavy atom. The first-order chi connectivity index (χ1) is 3.72. The van der Waals surface area contributed by atoms with Gasteiger partial charge in [-0.3, -0.25) is 0 Å². The second-order valence-electron chi connectivity index (χ2n) is 1.35. The fraction of sp³-hybridized carbons (Fsp3) is 0.600. The van der Waals surface area contributed by atoms with Gasteiger partial charge in [-0.05, 0) is 0 Å². The van der Waals surface area contributed by atoms with Gasteiger partial charge in [-0.2, -0.15) is 0 Å². The van der Waals surface area contributed by atoms with Crippen LogP contribution in [0.25, 0.3) is 0 Å². The smallest absolute Gasteiger partial charge is 0.163 e. The molecule has 0 saturated heterocycles. The summed E-state index contributed by atoms with van der Waals surface area (Å²) in [5.74, 6) is 0. The van der Waals surface area contributed by atoms with Gasteiger partial charge in [0.05, 0.1) is 0 Å². The van der Waals surface area contributed by atoms with Crippen molar-refractivity contribution in [3.63, 3.8) is 0 Å². The number of alkyl halides is 3. The summed E-state index contributed by atoms with van der Waals surface area (Å²) in [5.41, 5.74) is 0. The van der Waals surface area contributed by atoms with Gasteiger partial charge in [0.15, 0.2) is 12.3 Å². The maximum Gasteiger partial charge on any atom is 0.163 e. The summed E-state index contributed by atoms with van der Waals surface area (Å²) in [7, 11) is 0. The van der Waals surface area contributed by atoms with Crippen molar-refractivity contribution in [3.8, 4) is 0 Å². The van der Waals surface area contributed by atoms with Crippen molar-refractivity contribution in [1.29, 1.82) is 0 Å². The topological polar surface area (TPSA) is 0 Å². The lowest BCUT2D eigenvalue weighted by Gasteiger charge is -2.02. The summed E-state index contributed by atoms with van der Waals surface area (Å²) in [6, 6.07) is 0. The van der Waals surface area contributed by atoms with Gasteiger partial charge in [0.2, 0.25) is 0 Å². The fourth-order valence-electron chi connectivity index (χ4n) is 0.233. The van der Waals surface area contributed by atoms with Gasteiger partial charge in [0.25, 0.3) is 0 Å². The monoisotopic (exact) mass is 124 g/mol. The van der Waals surface area contributed by atoms with E-state index in [1.165, 1.54) is 0 Å². The van der Waals surface area contributed by atoms with Crippen molar-refractivity contribution in [2.75, 3.05) is 6.67 Å². The standard InChI is InChI=1S/C5H7F3/c1-2-4(7)5(8)3-6/h2,4-5H,1,3H2. The van der Waals surface area contributed by atoms with Crippen LogP contribution in [0.1, 0.15) is 0 Å². The first-order valence-corrected chi connectivity index (χ1v) is 2.19. The van der Waals surface area contributed by atoms with Crippen molar-refractivity contribution >= 4 is 0 Å². The zero-order chi connectivity index (χ0) is 6.57. The Morgan fingerprint density at radius 2 is 2.00 bits per heavy atom. The number of rotatable bonds is 3. The third-order valence-electron chi connectivity index (χ3n) is 0.718. The van der Waals surface area contributed by atoms with Gasteiger partial charge in [-0.25, -0.2) is 13.2 Å². The van der Waals surface area contributed by atoms with Crippen LogP contribution in [0.3, 0.4) is 0 Å². The molecule has 0 spiro atoms. The Labute approximate surface area is 46.0 Å². The number of hydrogen-bond donors (Lipinski definition) is 0. The molecule has 0 bridgehead atoms. The zero-order valence-electron chi connectivity index (χ0n) is 4.28. The third kappa shape index (κ3) is 2.00. The quantitative estimate of drug-likeness (QED) is 0.503. The molecule has 0 aliphatic rings. The van der Waals surface area contributed by atoms with Gasteiger partial charge in [0, 0.05) is 0 Å². The van der Waals surface area contributed by atoms with Crippen molar-refractivity contribution in [1.82, 2.24) is 0 Å². The second-order valence-corrected chi connectivity index (χ2v) is 1.35.